The molecule has 14 heavy (non-hydrogen) atoms. The van der Waals surface area contributed by atoms with Crippen molar-refractivity contribution in [3.8, 4) is 0 Å². The van der Waals surface area contributed by atoms with Crippen LogP contribution in [0.3, 0.4) is 0 Å². The van der Waals surface area contributed by atoms with Gasteiger partial charge in [0, 0.05) is 25.7 Å². The molecule has 3 heteroatoms. The summed E-state index contributed by atoms with van der Waals surface area (Å²) in [4.78, 5) is 0. The molecule has 0 spiro atoms. The van der Waals surface area contributed by atoms with Gasteiger partial charge in [-0.15, -0.1) is 6.58 Å². The molecule has 1 N–H and O–H groups in total. The van der Waals surface area contributed by atoms with Gasteiger partial charge in [0.05, 0.1) is 5.69 Å². The van der Waals surface area contributed by atoms with E-state index in [9.17, 15) is 0 Å². The number of aryl methyl sites for hydroxylation is 1. The van der Waals surface area contributed by atoms with Crippen LogP contribution in [-0.4, -0.2) is 22.4 Å². The van der Waals surface area contributed by atoms with E-state index in [0.717, 1.165) is 25.1 Å². The fourth-order valence-corrected chi connectivity index (χ4v) is 1.55. The fourth-order valence-electron chi connectivity index (χ4n) is 1.55. The van der Waals surface area contributed by atoms with Crippen molar-refractivity contribution < 1.29 is 0 Å². The number of rotatable bonds is 6. The molecular formula is C11H19N3. The van der Waals surface area contributed by atoms with Gasteiger partial charge in [0.25, 0.3) is 0 Å². The Labute approximate surface area is 85.8 Å². The molecule has 1 unspecified atom stereocenters. The molecule has 3 nitrogen and oxygen atoms in total. The van der Waals surface area contributed by atoms with E-state index in [1.54, 1.807) is 0 Å². The highest BCUT2D eigenvalue weighted by Gasteiger charge is 2.07. The third kappa shape index (κ3) is 3.34. The van der Waals surface area contributed by atoms with Crippen LogP contribution in [0.5, 0.6) is 0 Å². The molecule has 78 valence electrons. The molecule has 0 radical (unpaired) electrons. The second kappa shape index (κ2) is 5.60. The normalized spacial score (nSPS) is 12.7. The number of hydrogen-bond donors (Lipinski definition) is 1. The lowest BCUT2D eigenvalue weighted by Crippen LogP contribution is -2.30. The van der Waals surface area contributed by atoms with Gasteiger partial charge in [-0.05, 0) is 19.0 Å². The van der Waals surface area contributed by atoms with E-state index in [1.807, 2.05) is 24.0 Å². The molecule has 1 aromatic heterocycles. The summed E-state index contributed by atoms with van der Waals surface area (Å²) < 4.78 is 1.84. The Morgan fingerprint density at radius 2 is 2.50 bits per heavy atom. The maximum Gasteiger partial charge on any atom is 0.0640 e. The predicted molar refractivity (Wildman–Crippen MR) is 59.2 cm³/mol. The summed E-state index contributed by atoms with van der Waals surface area (Å²) in [6.07, 6.45) is 5.90. The van der Waals surface area contributed by atoms with Crippen molar-refractivity contribution in [2.45, 2.75) is 25.8 Å². The average Bonchev–Trinajstić information content (AvgIpc) is 2.52. The molecule has 0 aromatic carbocycles. The molecule has 0 aliphatic heterocycles. The van der Waals surface area contributed by atoms with Gasteiger partial charge in [0.15, 0.2) is 0 Å². The minimum absolute atomic E-state index is 0.465. The largest absolute Gasteiger partial charge is 0.314 e. The van der Waals surface area contributed by atoms with Crippen molar-refractivity contribution in [1.82, 2.24) is 15.1 Å². The van der Waals surface area contributed by atoms with Crippen molar-refractivity contribution in [2.75, 3.05) is 6.54 Å². The van der Waals surface area contributed by atoms with E-state index in [4.69, 9.17) is 0 Å². The van der Waals surface area contributed by atoms with Crippen LogP contribution in [0.4, 0.5) is 0 Å². The van der Waals surface area contributed by atoms with Crippen molar-refractivity contribution in [3.05, 3.63) is 30.6 Å². The molecular weight excluding hydrogens is 174 g/mol. The molecule has 0 aliphatic rings. The smallest absolute Gasteiger partial charge is 0.0640 e. The van der Waals surface area contributed by atoms with E-state index in [0.29, 0.717) is 6.04 Å². The first kappa shape index (κ1) is 11.0. The maximum absolute atomic E-state index is 4.36. The van der Waals surface area contributed by atoms with E-state index in [2.05, 4.69) is 30.0 Å². The van der Waals surface area contributed by atoms with Gasteiger partial charge in [-0.1, -0.05) is 13.0 Å². The zero-order chi connectivity index (χ0) is 10.4. The van der Waals surface area contributed by atoms with Crippen molar-refractivity contribution >= 4 is 0 Å². The van der Waals surface area contributed by atoms with Gasteiger partial charge in [0.2, 0.25) is 0 Å². The van der Waals surface area contributed by atoms with Crippen LogP contribution in [0, 0.1) is 0 Å². The first-order valence-electron chi connectivity index (χ1n) is 5.09. The molecule has 0 bridgehead atoms. The second-order valence-corrected chi connectivity index (χ2v) is 3.46. The van der Waals surface area contributed by atoms with Gasteiger partial charge in [0.1, 0.15) is 0 Å². The first-order valence-corrected chi connectivity index (χ1v) is 5.09. The maximum atomic E-state index is 4.36. The van der Waals surface area contributed by atoms with Crippen LogP contribution in [-0.2, 0) is 13.5 Å². The van der Waals surface area contributed by atoms with Crippen molar-refractivity contribution in [2.24, 2.45) is 7.05 Å². The van der Waals surface area contributed by atoms with Crippen LogP contribution in [0.2, 0.25) is 0 Å². The second-order valence-electron chi connectivity index (χ2n) is 3.46. The molecule has 1 rings (SSSR count). The lowest BCUT2D eigenvalue weighted by molar-refractivity contribution is 0.521. The molecule has 1 atom stereocenters. The number of nitrogens with one attached hydrogen (secondary N) is 1. The summed E-state index contributed by atoms with van der Waals surface area (Å²) in [7, 11) is 1.94. The molecule has 0 saturated heterocycles. The summed E-state index contributed by atoms with van der Waals surface area (Å²) in [5.74, 6) is 0. The van der Waals surface area contributed by atoms with E-state index < -0.39 is 0 Å². The summed E-state index contributed by atoms with van der Waals surface area (Å²) in [6, 6.07) is 2.53. The highest BCUT2D eigenvalue weighted by atomic mass is 15.2. The quantitative estimate of drug-likeness (QED) is 0.694. The van der Waals surface area contributed by atoms with Gasteiger partial charge in [-0.3, -0.25) is 4.68 Å². The SMILES string of the molecule is C=CCC(Cc1ccn(C)n1)NCC. The molecule has 0 aliphatic carbocycles. The first-order chi connectivity index (χ1) is 6.76. The third-order valence-electron chi connectivity index (χ3n) is 2.17. The van der Waals surface area contributed by atoms with Crippen LogP contribution in [0.15, 0.2) is 24.9 Å². The Balaban J connectivity index is 2.49. The lowest BCUT2D eigenvalue weighted by atomic mass is 10.1. The minimum atomic E-state index is 0.465. The summed E-state index contributed by atoms with van der Waals surface area (Å²) >= 11 is 0. The highest BCUT2D eigenvalue weighted by molar-refractivity contribution is 5.02. The number of likely N-dealkylation sites (N-methyl/N-ethyl adjacent to an activating group) is 1. The minimum Gasteiger partial charge on any atom is -0.314 e. The Bertz CT molecular complexity index is 278. The Morgan fingerprint density at radius 3 is 3.00 bits per heavy atom. The topological polar surface area (TPSA) is 29.9 Å². The summed E-state index contributed by atoms with van der Waals surface area (Å²) in [5, 5.41) is 7.78. The molecule has 1 heterocycles. The van der Waals surface area contributed by atoms with Gasteiger partial charge in [-0.25, -0.2) is 0 Å². The standard InChI is InChI=1S/C11H19N3/c1-4-6-10(12-5-2)9-11-7-8-14(3)13-11/h4,7-8,10,12H,1,5-6,9H2,2-3H3. The van der Waals surface area contributed by atoms with Gasteiger partial charge >= 0.3 is 0 Å². The molecule has 0 saturated carbocycles. The van der Waals surface area contributed by atoms with Crippen LogP contribution < -0.4 is 5.32 Å². The Kier molecular flexibility index (Phi) is 4.40. The highest BCUT2D eigenvalue weighted by Crippen LogP contribution is 2.03. The lowest BCUT2D eigenvalue weighted by Gasteiger charge is -2.14. The zero-order valence-electron chi connectivity index (χ0n) is 9.03. The van der Waals surface area contributed by atoms with Crippen molar-refractivity contribution in [3.63, 3.8) is 0 Å². The van der Waals surface area contributed by atoms with E-state index in [-0.39, 0.29) is 0 Å². The van der Waals surface area contributed by atoms with Gasteiger partial charge < -0.3 is 5.32 Å². The summed E-state index contributed by atoms with van der Waals surface area (Å²) in [5.41, 5.74) is 1.14. The Hall–Kier alpha value is -1.09. The number of hydrogen-bond acceptors (Lipinski definition) is 2. The predicted octanol–water partition coefficient (Wildman–Crippen LogP) is 1.52. The number of nitrogens with zero attached hydrogens (tertiary/aromatic N) is 2. The molecule has 1 aromatic rings. The van der Waals surface area contributed by atoms with Crippen LogP contribution in [0.25, 0.3) is 0 Å². The monoisotopic (exact) mass is 193 g/mol. The number of aromatic nitrogens is 2. The van der Waals surface area contributed by atoms with E-state index in [1.165, 1.54) is 0 Å². The van der Waals surface area contributed by atoms with E-state index >= 15 is 0 Å². The average molecular weight is 193 g/mol. The zero-order valence-corrected chi connectivity index (χ0v) is 9.03. The molecule has 0 fully saturated rings. The van der Waals surface area contributed by atoms with Crippen LogP contribution in [0.1, 0.15) is 19.0 Å². The van der Waals surface area contributed by atoms with Gasteiger partial charge in [-0.2, -0.15) is 5.10 Å². The van der Waals surface area contributed by atoms with Crippen molar-refractivity contribution in [1.29, 1.82) is 0 Å². The third-order valence-corrected chi connectivity index (χ3v) is 2.17. The fraction of sp³-hybridized carbons (Fsp3) is 0.545. The van der Waals surface area contributed by atoms with Crippen LogP contribution >= 0.6 is 0 Å². The molecule has 0 amide bonds. The Morgan fingerprint density at radius 1 is 1.71 bits per heavy atom. The summed E-state index contributed by atoms with van der Waals surface area (Å²) in [6.45, 7) is 6.87.